The standard InChI is InChI=1S/C16H34N2O/c1-5-6-7-10-17-13-14(2)18(11-12-19-4)15(3)16-8-9-16/h14-17H,5-13H2,1-4H3. The summed E-state index contributed by atoms with van der Waals surface area (Å²) in [6.45, 7) is 11.2. The highest BCUT2D eigenvalue weighted by Crippen LogP contribution is 2.35. The van der Waals surface area contributed by atoms with Gasteiger partial charge in [0.15, 0.2) is 0 Å². The second-order valence-electron chi connectivity index (χ2n) is 6.07. The third-order valence-corrected chi connectivity index (χ3v) is 4.34. The van der Waals surface area contributed by atoms with Crippen molar-refractivity contribution in [3.8, 4) is 0 Å². The number of nitrogens with one attached hydrogen (secondary N) is 1. The Hall–Kier alpha value is -0.120. The Kier molecular flexibility index (Phi) is 8.67. The van der Waals surface area contributed by atoms with E-state index in [9.17, 15) is 0 Å². The van der Waals surface area contributed by atoms with Crippen LogP contribution < -0.4 is 5.32 Å². The molecule has 1 aliphatic carbocycles. The van der Waals surface area contributed by atoms with Crippen LogP contribution in [0.15, 0.2) is 0 Å². The van der Waals surface area contributed by atoms with E-state index in [1.54, 1.807) is 7.11 Å². The van der Waals surface area contributed by atoms with Crippen LogP contribution in [0.4, 0.5) is 0 Å². The molecule has 0 aromatic rings. The summed E-state index contributed by atoms with van der Waals surface area (Å²) in [6, 6.07) is 1.31. The largest absolute Gasteiger partial charge is 0.383 e. The molecule has 1 saturated carbocycles. The minimum absolute atomic E-state index is 0.604. The lowest BCUT2D eigenvalue weighted by Gasteiger charge is -2.35. The molecule has 114 valence electrons. The molecule has 1 fully saturated rings. The fourth-order valence-electron chi connectivity index (χ4n) is 2.80. The number of unbranched alkanes of at least 4 members (excludes halogenated alkanes) is 2. The van der Waals surface area contributed by atoms with Crippen molar-refractivity contribution in [2.24, 2.45) is 5.92 Å². The van der Waals surface area contributed by atoms with Crippen LogP contribution >= 0.6 is 0 Å². The summed E-state index contributed by atoms with van der Waals surface area (Å²) >= 11 is 0. The molecule has 0 heterocycles. The van der Waals surface area contributed by atoms with E-state index < -0.39 is 0 Å². The molecule has 3 nitrogen and oxygen atoms in total. The van der Waals surface area contributed by atoms with Crippen molar-refractivity contribution in [2.75, 3.05) is 33.4 Å². The van der Waals surface area contributed by atoms with Gasteiger partial charge in [-0.25, -0.2) is 0 Å². The van der Waals surface area contributed by atoms with E-state index in [0.717, 1.165) is 32.2 Å². The molecule has 0 bridgehead atoms. The van der Waals surface area contributed by atoms with Gasteiger partial charge in [-0.1, -0.05) is 19.8 Å². The molecule has 1 aliphatic rings. The quantitative estimate of drug-likeness (QED) is 0.552. The van der Waals surface area contributed by atoms with Gasteiger partial charge in [-0.05, 0) is 45.6 Å². The van der Waals surface area contributed by atoms with Crippen LogP contribution in [0.5, 0.6) is 0 Å². The Balaban J connectivity index is 2.26. The first-order valence-corrected chi connectivity index (χ1v) is 8.16. The molecule has 0 aliphatic heterocycles. The van der Waals surface area contributed by atoms with Crippen molar-refractivity contribution in [3.63, 3.8) is 0 Å². The Bertz CT molecular complexity index is 219. The number of nitrogens with zero attached hydrogens (tertiary/aromatic N) is 1. The second-order valence-corrected chi connectivity index (χ2v) is 6.07. The molecule has 0 spiro atoms. The first-order chi connectivity index (χ1) is 9.20. The fraction of sp³-hybridized carbons (Fsp3) is 1.00. The van der Waals surface area contributed by atoms with Crippen molar-refractivity contribution in [3.05, 3.63) is 0 Å². The zero-order chi connectivity index (χ0) is 14.1. The van der Waals surface area contributed by atoms with Gasteiger partial charge in [0.25, 0.3) is 0 Å². The first-order valence-electron chi connectivity index (χ1n) is 8.16. The van der Waals surface area contributed by atoms with E-state index in [0.29, 0.717) is 12.1 Å². The van der Waals surface area contributed by atoms with Crippen molar-refractivity contribution >= 4 is 0 Å². The van der Waals surface area contributed by atoms with Crippen LogP contribution in [-0.4, -0.2) is 50.3 Å². The van der Waals surface area contributed by atoms with Crippen LogP contribution in [0.3, 0.4) is 0 Å². The van der Waals surface area contributed by atoms with E-state index in [1.165, 1.54) is 32.1 Å². The smallest absolute Gasteiger partial charge is 0.0589 e. The topological polar surface area (TPSA) is 24.5 Å². The van der Waals surface area contributed by atoms with Gasteiger partial charge in [0.05, 0.1) is 6.61 Å². The number of hydrogen-bond acceptors (Lipinski definition) is 3. The lowest BCUT2D eigenvalue weighted by molar-refractivity contribution is 0.0869. The summed E-state index contributed by atoms with van der Waals surface area (Å²) in [7, 11) is 1.80. The van der Waals surface area contributed by atoms with Gasteiger partial charge in [0.1, 0.15) is 0 Å². The first kappa shape index (κ1) is 16.9. The van der Waals surface area contributed by atoms with Crippen molar-refractivity contribution in [2.45, 2.75) is 65.0 Å². The molecule has 2 atom stereocenters. The molecule has 0 aromatic carbocycles. The third kappa shape index (κ3) is 6.73. The maximum Gasteiger partial charge on any atom is 0.0589 e. The van der Waals surface area contributed by atoms with Crippen molar-refractivity contribution in [1.29, 1.82) is 0 Å². The second kappa shape index (κ2) is 9.73. The summed E-state index contributed by atoms with van der Waals surface area (Å²) in [4.78, 5) is 2.63. The number of methoxy groups -OCH3 is 1. The van der Waals surface area contributed by atoms with E-state index in [1.807, 2.05) is 0 Å². The summed E-state index contributed by atoms with van der Waals surface area (Å²) in [5.41, 5.74) is 0. The van der Waals surface area contributed by atoms with E-state index in [-0.39, 0.29) is 0 Å². The van der Waals surface area contributed by atoms with Gasteiger partial charge in [0.2, 0.25) is 0 Å². The maximum atomic E-state index is 5.27. The Morgan fingerprint density at radius 1 is 1.26 bits per heavy atom. The van der Waals surface area contributed by atoms with Crippen LogP contribution in [0.25, 0.3) is 0 Å². The minimum atomic E-state index is 0.604. The highest BCUT2D eigenvalue weighted by atomic mass is 16.5. The maximum absolute atomic E-state index is 5.27. The predicted molar refractivity (Wildman–Crippen MR) is 82.6 cm³/mol. The molecule has 0 amide bonds. The van der Waals surface area contributed by atoms with Crippen LogP contribution in [0, 0.1) is 5.92 Å². The fourth-order valence-corrected chi connectivity index (χ4v) is 2.80. The van der Waals surface area contributed by atoms with Crippen LogP contribution in [0.1, 0.15) is 52.9 Å². The summed E-state index contributed by atoms with van der Waals surface area (Å²) in [5.74, 6) is 0.930. The minimum Gasteiger partial charge on any atom is -0.383 e. The molecular weight excluding hydrogens is 236 g/mol. The van der Waals surface area contributed by atoms with Gasteiger partial charge >= 0.3 is 0 Å². The van der Waals surface area contributed by atoms with E-state index in [4.69, 9.17) is 4.74 Å². The van der Waals surface area contributed by atoms with Crippen LogP contribution in [0.2, 0.25) is 0 Å². The average molecular weight is 270 g/mol. The average Bonchev–Trinajstić information content (AvgIpc) is 3.23. The Labute approximate surface area is 120 Å². The number of hydrogen-bond donors (Lipinski definition) is 1. The zero-order valence-corrected chi connectivity index (χ0v) is 13.5. The zero-order valence-electron chi connectivity index (χ0n) is 13.5. The highest BCUT2D eigenvalue weighted by Gasteiger charge is 2.33. The molecule has 0 radical (unpaired) electrons. The molecule has 0 saturated heterocycles. The third-order valence-electron chi connectivity index (χ3n) is 4.34. The molecule has 19 heavy (non-hydrogen) atoms. The molecule has 3 heteroatoms. The lowest BCUT2D eigenvalue weighted by Crippen LogP contribution is -2.47. The molecule has 2 unspecified atom stereocenters. The highest BCUT2D eigenvalue weighted by molar-refractivity contribution is 4.87. The van der Waals surface area contributed by atoms with Gasteiger partial charge in [-0.15, -0.1) is 0 Å². The molecular formula is C16H34N2O. The monoisotopic (exact) mass is 270 g/mol. The molecule has 1 N–H and O–H groups in total. The van der Waals surface area contributed by atoms with Crippen molar-refractivity contribution in [1.82, 2.24) is 10.2 Å². The Morgan fingerprint density at radius 2 is 2.00 bits per heavy atom. The van der Waals surface area contributed by atoms with Gasteiger partial charge in [-0.2, -0.15) is 0 Å². The van der Waals surface area contributed by atoms with Gasteiger partial charge in [0, 0.05) is 32.3 Å². The van der Waals surface area contributed by atoms with Crippen molar-refractivity contribution < 1.29 is 4.74 Å². The number of rotatable bonds is 12. The van der Waals surface area contributed by atoms with Gasteiger partial charge in [-0.3, -0.25) is 4.90 Å². The van der Waals surface area contributed by atoms with E-state index in [2.05, 4.69) is 31.0 Å². The SMILES string of the molecule is CCCCCNCC(C)N(CCOC)C(C)C1CC1. The Morgan fingerprint density at radius 3 is 2.58 bits per heavy atom. The summed E-state index contributed by atoms with van der Waals surface area (Å²) in [5, 5.41) is 3.61. The molecule has 0 aromatic heterocycles. The molecule has 1 rings (SSSR count). The van der Waals surface area contributed by atoms with Crippen LogP contribution in [-0.2, 0) is 4.74 Å². The predicted octanol–water partition coefficient (Wildman–Crippen LogP) is 2.90. The van der Waals surface area contributed by atoms with Gasteiger partial charge < -0.3 is 10.1 Å². The summed E-state index contributed by atoms with van der Waals surface area (Å²) in [6.07, 6.45) is 6.78. The number of ether oxygens (including phenoxy) is 1. The lowest BCUT2D eigenvalue weighted by atomic mass is 10.1. The summed E-state index contributed by atoms with van der Waals surface area (Å²) < 4.78 is 5.27. The normalized spacial score (nSPS) is 18.8. The van der Waals surface area contributed by atoms with E-state index >= 15 is 0 Å².